The zero-order valence-corrected chi connectivity index (χ0v) is 10.7. The van der Waals surface area contributed by atoms with Crippen molar-refractivity contribution in [3.05, 3.63) is 36.0 Å². The summed E-state index contributed by atoms with van der Waals surface area (Å²) >= 11 is 0. The minimum Gasteiger partial charge on any atom is -0.361 e. The number of likely N-dealkylation sites (N-methyl/N-ethyl adjacent to an activating group) is 1. The second-order valence-corrected chi connectivity index (χ2v) is 4.43. The van der Waals surface area contributed by atoms with E-state index >= 15 is 0 Å². The topological polar surface area (TPSA) is 31.1 Å². The molecule has 1 heterocycles. The smallest absolute Gasteiger partial charge is 0.0499 e. The summed E-state index contributed by atoms with van der Waals surface area (Å²) in [7, 11) is 2.15. The highest BCUT2D eigenvalue weighted by Crippen LogP contribution is 2.16. The quantitative estimate of drug-likeness (QED) is 0.747. The number of nitrogens with zero attached hydrogens (tertiary/aromatic N) is 1. The summed E-state index contributed by atoms with van der Waals surface area (Å²) in [6.07, 6.45) is 2.00. The van der Waals surface area contributed by atoms with Gasteiger partial charge in [0.05, 0.1) is 0 Å². The molecule has 0 unspecified atom stereocenters. The van der Waals surface area contributed by atoms with Gasteiger partial charge in [-0.1, -0.05) is 25.1 Å². The number of H-pyrrole nitrogens is 1. The monoisotopic (exact) mass is 231 g/mol. The molecule has 0 atom stereocenters. The first-order valence-corrected chi connectivity index (χ1v) is 6.25. The van der Waals surface area contributed by atoms with Gasteiger partial charge in [-0.05, 0) is 30.6 Å². The van der Waals surface area contributed by atoms with Crippen molar-refractivity contribution in [1.82, 2.24) is 15.2 Å². The summed E-state index contributed by atoms with van der Waals surface area (Å²) in [6, 6.07) is 8.55. The number of hydrogen-bond donors (Lipinski definition) is 2. The second kappa shape index (κ2) is 5.84. The molecule has 0 bridgehead atoms. The maximum absolute atomic E-state index is 3.49. The Kier molecular flexibility index (Phi) is 4.18. The number of rotatable bonds is 6. The average Bonchev–Trinajstić information content (AvgIpc) is 2.83. The zero-order chi connectivity index (χ0) is 12.1. The number of aromatic nitrogens is 1. The van der Waals surface area contributed by atoms with Crippen LogP contribution in [0.5, 0.6) is 0 Å². The molecule has 0 saturated heterocycles. The Labute approximate surface area is 103 Å². The maximum atomic E-state index is 3.49. The van der Waals surface area contributed by atoms with E-state index < -0.39 is 0 Å². The summed E-state index contributed by atoms with van der Waals surface area (Å²) < 4.78 is 0. The van der Waals surface area contributed by atoms with E-state index in [1.807, 2.05) is 6.20 Å². The highest BCUT2D eigenvalue weighted by atomic mass is 15.1. The lowest BCUT2D eigenvalue weighted by Gasteiger charge is -2.14. The molecule has 3 heteroatoms. The van der Waals surface area contributed by atoms with Gasteiger partial charge in [-0.15, -0.1) is 0 Å². The first-order valence-electron chi connectivity index (χ1n) is 6.25. The first kappa shape index (κ1) is 12.1. The van der Waals surface area contributed by atoms with E-state index in [-0.39, 0.29) is 0 Å². The summed E-state index contributed by atoms with van der Waals surface area (Å²) in [4.78, 5) is 5.61. The van der Waals surface area contributed by atoms with Gasteiger partial charge in [0.15, 0.2) is 0 Å². The molecule has 0 saturated carbocycles. The van der Waals surface area contributed by atoms with Gasteiger partial charge in [0.2, 0.25) is 0 Å². The predicted molar refractivity (Wildman–Crippen MR) is 73.2 cm³/mol. The third-order valence-electron chi connectivity index (χ3n) is 3.20. The molecule has 0 spiro atoms. The largest absolute Gasteiger partial charge is 0.361 e. The molecule has 1 aromatic heterocycles. The summed E-state index contributed by atoms with van der Waals surface area (Å²) in [5.74, 6) is 0. The molecule has 0 aliphatic rings. The van der Waals surface area contributed by atoms with Gasteiger partial charge in [-0.3, -0.25) is 0 Å². The van der Waals surface area contributed by atoms with Crippen molar-refractivity contribution in [2.45, 2.75) is 13.5 Å². The van der Waals surface area contributed by atoms with Crippen molar-refractivity contribution in [2.75, 3.05) is 26.7 Å². The molecule has 1 aromatic carbocycles. The zero-order valence-electron chi connectivity index (χ0n) is 10.7. The van der Waals surface area contributed by atoms with Crippen LogP contribution in [0.4, 0.5) is 0 Å². The number of fused-ring (bicyclic) bond motifs is 1. The van der Waals surface area contributed by atoms with E-state index in [4.69, 9.17) is 0 Å². The van der Waals surface area contributed by atoms with Crippen molar-refractivity contribution in [3.63, 3.8) is 0 Å². The Morgan fingerprint density at radius 1 is 1.29 bits per heavy atom. The van der Waals surface area contributed by atoms with Gasteiger partial charge < -0.3 is 15.2 Å². The van der Waals surface area contributed by atoms with E-state index in [2.05, 4.69) is 53.4 Å². The fourth-order valence-electron chi connectivity index (χ4n) is 1.95. The molecule has 2 aromatic rings. The van der Waals surface area contributed by atoms with Gasteiger partial charge in [-0.2, -0.15) is 0 Å². The molecule has 2 N–H and O–H groups in total. The molecule has 17 heavy (non-hydrogen) atoms. The fourth-order valence-corrected chi connectivity index (χ4v) is 1.95. The Morgan fingerprint density at radius 2 is 2.18 bits per heavy atom. The molecule has 3 nitrogen and oxygen atoms in total. The molecule has 2 rings (SSSR count). The van der Waals surface area contributed by atoms with Crippen molar-refractivity contribution in [2.24, 2.45) is 0 Å². The highest BCUT2D eigenvalue weighted by Gasteiger charge is 2.01. The number of hydrogen-bond acceptors (Lipinski definition) is 2. The molecular weight excluding hydrogens is 210 g/mol. The van der Waals surface area contributed by atoms with E-state index in [1.165, 1.54) is 16.5 Å². The van der Waals surface area contributed by atoms with Gasteiger partial charge >= 0.3 is 0 Å². The molecule has 0 aliphatic heterocycles. The minimum absolute atomic E-state index is 0.926. The number of benzene rings is 1. The highest BCUT2D eigenvalue weighted by molar-refractivity contribution is 5.82. The van der Waals surface area contributed by atoms with Gasteiger partial charge in [0.25, 0.3) is 0 Å². The van der Waals surface area contributed by atoms with Crippen molar-refractivity contribution in [3.8, 4) is 0 Å². The Balaban J connectivity index is 1.88. The van der Waals surface area contributed by atoms with E-state index in [0.717, 1.165) is 26.2 Å². The fraction of sp³-hybridized carbons (Fsp3) is 0.429. The molecule has 92 valence electrons. The van der Waals surface area contributed by atoms with Crippen LogP contribution in [-0.4, -0.2) is 36.6 Å². The van der Waals surface area contributed by atoms with E-state index in [9.17, 15) is 0 Å². The van der Waals surface area contributed by atoms with Gasteiger partial charge in [0, 0.05) is 31.3 Å². The van der Waals surface area contributed by atoms with Crippen LogP contribution in [0.3, 0.4) is 0 Å². The van der Waals surface area contributed by atoms with Crippen LogP contribution < -0.4 is 5.32 Å². The lowest BCUT2D eigenvalue weighted by atomic mass is 10.1. The van der Waals surface area contributed by atoms with Crippen LogP contribution in [0.2, 0.25) is 0 Å². The summed E-state index contributed by atoms with van der Waals surface area (Å²) in [5, 5.41) is 4.77. The van der Waals surface area contributed by atoms with E-state index in [0.29, 0.717) is 0 Å². The number of aromatic amines is 1. The Bertz CT molecular complexity index is 461. The van der Waals surface area contributed by atoms with Crippen LogP contribution in [0.1, 0.15) is 12.5 Å². The van der Waals surface area contributed by atoms with Gasteiger partial charge in [-0.25, -0.2) is 0 Å². The Morgan fingerprint density at radius 3 is 3.00 bits per heavy atom. The molecule has 0 fully saturated rings. The molecule has 0 amide bonds. The van der Waals surface area contributed by atoms with Crippen molar-refractivity contribution >= 4 is 10.9 Å². The molecule has 0 aliphatic carbocycles. The van der Waals surface area contributed by atoms with E-state index in [1.54, 1.807) is 0 Å². The Hall–Kier alpha value is -1.32. The predicted octanol–water partition coefficient (Wildman–Crippen LogP) is 2.21. The summed E-state index contributed by atoms with van der Waals surface area (Å²) in [6.45, 7) is 6.33. The third kappa shape index (κ3) is 3.08. The molecule has 0 radical (unpaired) electrons. The SMILES string of the molecule is CCN(C)CCNCc1cccc2cc[nH]c12. The van der Waals surface area contributed by atoms with Gasteiger partial charge in [0.1, 0.15) is 0 Å². The van der Waals surface area contributed by atoms with Crippen molar-refractivity contribution in [1.29, 1.82) is 0 Å². The molecular formula is C14H21N3. The maximum Gasteiger partial charge on any atom is 0.0499 e. The third-order valence-corrected chi connectivity index (χ3v) is 3.20. The minimum atomic E-state index is 0.926. The lowest BCUT2D eigenvalue weighted by Crippen LogP contribution is -2.28. The van der Waals surface area contributed by atoms with Crippen LogP contribution in [0.15, 0.2) is 30.5 Å². The van der Waals surface area contributed by atoms with Crippen LogP contribution >= 0.6 is 0 Å². The standard InChI is InChI=1S/C14H21N3/c1-3-17(2)10-9-15-11-13-6-4-5-12-7-8-16-14(12)13/h4-8,15-16H,3,9-11H2,1-2H3. The normalized spacial score (nSPS) is 11.5. The summed E-state index contributed by atoms with van der Waals surface area (Å²) in [5.41, 5.74) is 2.59. The number of nitrogens with one attached hydrogen (secondary N) is 2. The van der Waals surface area contributed by atoms with Crippen LogP contribution in [-0.2, 0) is 6.54 Å². The number of para-hydroxylation sites is 1. The lowest BCUT2D eigenvalue weighted by molar-refractivity contribution is 0.349. The average molecular weight is 231 g/mol. The van der Waals surface area contributed by atoms with Crippen LogP contribution in [0, 0.1) is 0 Å². The second-order valence-electron chi connectivity index (χ2n) is 4.43. The first-order chi connectivity index (χ1) is 8.31. The van der Waals surface area contributed by atoms with Crippen molar-refractivity contribution < 1.29 is 0 Å². The van der Waals surface area contributed by atoms with Crippen LogP contribution in [0.25, 0.3) is 10.9 Å².